The van der Waals surface area contributed by atoms with Crippen LogP contribution in [0.5, 0.6) is 0 Å². The van der Waals surface area contributed by atoms with Crippen LogP contribution in [0.2, 0.25) is 0 Å². The zero-order chi connectivity index (χ0) is 25.1. The summed E-state index contributed by atoms with van der Waals surface area (Å²) >= 11 is 0. The number of hydrogen-bond donors (Lipinski definition) is 1. The van der Waals surface area contributed by atoms with E-state index in [2.05, 4.69) is 102 Å². The normalized spacial score (nSPS) is 30.1. The number of amidine groups is 1. The van der Waals surface area contributed by atoms with E-state index in [-0.39, 0.29) is 0 Å². The predicted octanol–water partition coefficient (Wildman–Crippen LogP) is 7.44. The Labute approximate surface area is 211 Å². The lowest BCUT2D eigenvalue weighted by Gasteiger charge is -2.27. The highest BCUT2D eigenvalue weighted by Gasteiger charge is 2.34. The molecule has 1 fully saturated rings. The van der Waals surface area contributed by atoms with Crippen molar-refractivity contribution in [2.45, 2.75) is 86.6 Å². The van der Waals surface area contributed by atoms with Gasteiger partial charge in [-0.15, -0.1) is 0 Å². The van der Waals surface area contributed by atoms with Crippen LogP contribution >= 0.6 is 0 Å². The number of aliphatic imine (C=N–C) groups is 1. The Bertz CT molecular complexity index is 757. The summed E-state index contributed by atoms with van der Waals surface area (Å²) in [4.78, 5) is 7.44. The van der Waals surface area contributed by atoms with Gasteiger partial charge < -0.3 is 5.32 Å². The average molecular weight is 468 g/mol. The number of nitrogens with zero attached hydrogens (tertiary/aromatic N) is 2. The van der Waals surface area contributed by atoms with Crippen molar-refractivity contribution >= 4 is 5.84 Å². The van der Waals surface area contributed by atoms with E-state index in [1.165, 1.54) is 42.8 Å². The van der Waals surface area contributed by atoms with E-state index in [1.54, 1.807) is 0 Å². The molecule has 2 heterocycles. The summed E-state index contributed by atoms with van der Waals surface area (Å²) in [5.74, 6) is 4.32. The van der Waals surface area contributed by atoms with Crippen LogP contribution in [0.4, 0.5) is 0 Å². The highest BCUT2D eigenvalue weighted by molar-refractivity contribution is 5.88. The smallest absolute Gasteiger partial charge is 0.114 e. The van der Waals surface area contributed by atoms with Gasteiger partial charge in [-0.3, -0.25) is 9.89 Å². The number of rotatable bonds is 10. The maximum atomic E-state index is 4.96. The molecule has 0 radical (unpaired) electrons. The molecule has 0 bridgehead atoms. The maximum Gasteiger partial charge on any atom is 0.114 e. The summed E-state index contributed by atoms with van der Waals surface area (Å²) in [6.07, 6.45) is 20.2. The molecule has 1 saturated heterocycles. The van der Waals surface area contributed by atoms with Gasteiger partial charge >= 0.3 is 0 Å². The van der Waals surface area contributed by atoms with Gasteiger partial charge in [-0.05, 0) is 62.4 Å². The molecule has 0 aromatic carbocycles. The minimum Gasteiger partial charge on any atom is -0.372 e. The summed E-state index contributed by atoms with van der Waals surface area (Å²) < 4.78 is 0. The van der Waals surface area contributed by atoms with Crippen molar-refractivity contribution in [3.63, 3.8) is 0 Å². The molecule has 0 amide bonds. The molecule has 2 rings (SSSR count). The molecule has 2 aliphatic heterocycles. The second kappa shape index (κ2) is 14.7. The third-order valence-electron chi connectivity index (χ3n) is 8.34. The van der Waals surface area contributed by atoms with Crippen LogP contribution in [0.3, 0.4) is 0 Å². The largest absolute Gasteiger partial charge is 0.372 e. The quantitative estimate of drug-likeness (QED) is 0.338. The second-order valence-corrected chi connectivity index (χ2v) is 10.8. The predicted molar refractivity (Wildman–Crippen MR) is 151 cm³/mol. The number of hydrogen-bond acceptors (Lipinski definition) is 3. The van der Waals surface area contributed by atoms with E-state index < -0.39 is 0 Å². The molecule has 192 valence electrons. The Morgan fingerprint density at radius 3 is 2.59 bits per heavy atom. The van der Waals surface area contributed by atoms with Crippen molar-refractivity contribution < 1.29 is 0 Å². The van der Waals surface area contributed by atoms with E-state index >= 15 is 0 Å². The molecule has 0 spiro atoms. The zero-order valence-corrected chi connectivity index (χ0v) is 23.5. The Balaban J connectivity index is 1.99. The fraction of sp³-hybridized carbons (Fsp3) is 0.710. The fourth-order valence-electron chi connectivity index (χ4n) is 5.16. The summed E-state index contributed by atoms with van der Waals surface area (Å²) in [6.45, 7) is 19.2. The standard InChI is InChI=1S/C31H53N3/c1-9-23(4)25(6)21-27(10-2)15-14-24(5)26(7)22-28-13-12-18-32-31(33-19-16-28)30-29(11-3)17-20-34(30)8/h12-15,21-26,29-30H,9-11,16-20H2,1-8H3,(H,32,33)/b13-12-,15-14-,27-21+,28-22-/t23?,24?,25?,26?,29-,30?/m1/s1. The van der Waals surface area contributed by atoms with Crippen LogP contribution < -0.4 is 5.32 Å². The maximum absolute atomic E-state index is 4.96. The Morgan fingerprint density at radius 1 is 1.15 bits per heavy atom. The van der Waals surface area contributed by atoms with Crippen LogP contribution in [0.1, 0.15) is 80.6 Å². The van der Waals surface area contributed by atoms with Gasteiger partial charge in [-0.2, -0.15) is 0 Å². The lowest BCUT2D eigenvalue weighted by atomic mass is 9.89. The van der Waals surface area contributed by atoms with Crippen LogP contribution in [0, 0.1) is 29.6 Å². The molecule has 0 aromatic heterocycles. The van der Waals surface area contributed by atoms with Crippen LogP contribution in [0.25, 0.3) is 0 Å². The molecular formula is C31H53N3. The Kier molecular flexibility index (Phi) is 12.4. The number of nitrogens with one attached hydrogen (secondary N) is 1. The molecule has 1 N–H and O–H groups in total. The molecule has 34 heavy (non-hydrogen) atoms. The lowest BCUT2D eigenvalue weighted by Crippen LogP contribution is -2.45. The van der Waals surface area contributed by atoms with Crippen molar-refractivity contribution in [1.82, 2.24) is 10.2 Å². The summed E-state index contributed by atoms with van der Waals surface area (Å²) in [5, 5.41) is 3.72. The Morgan fingerprint density at radius 2 is 1.91 bits per heavy atom. The van der Waals surface area contributed by atoms with Gasteiger partial charge in [0.25, 0.3) is 0 Å². The summed E-state index contributed by atoms with van der Waals surface area (Å²) in [7, 11) is 2.25. The fourth-order valence-corrected chi connectivity index (χ4v) is 5.16. The highest BCUT2D eigenvalue weighted by atomic mass is 15.2. The summed E-state index contributed by atoms with van der Waals surface area (Å²) in [6, 6.07) is 0.455. The van der Waals surface area contributed by atoms with Crippen LogP contribution in [-0.4, -0.2) is 43.5 Å². The van der Waals surface area contributed by atoms with Crippen molar-refractivity contribution in [3.05, 3.63) is 47.6 Å². The van der Waals surface area contributed by atoms with Crippen molar-refractivity contribution in [3.8, 4) is 0 Å². The monoisotopic (exact) mass is 467 g/mol. The van der Waals surface area contributed by atoms with Crippen LogP contribution in [0.15, 0.2) is 52.6 Å². The molecule has 5 unspecified atom stereocenters. The highest BCUT2D eigenvalue weighted by Crippen LogP contribution is 2.27. The third kappa shape index (κ3) is 8.56. The van der Waals surface area contributed by atoms with E-state index in [0.717, 1.165) is 37.8 Å². The molecule has 3 nitrogen and oxygen atoms in total. The van der Waals surface area contributed by atoms with Crippen LogP contribution in [-0.2, 0) is 0 Å². The Hall–Kier alpha value is -1.61. The van der Waals surface area contributed by atoms with Gasteiger partial charge in [-0.1, -0.05) is 109 Å². The first-order chi connectivity index (χ1) is 16.3. The first kappa shape index (κ1) is 28.6. The molecule has 2 aliphatic rings. The molecule has 0 aromatic rings. The van der Waals surface area contributed by atoms with Crippen molar-refractivity contribution in [2.75, 3.05) is 26.7 Å². The molecular weight excluding hydrogens is 414 g/mol. The average Bonchev–Trinajstić information content (AvgIpc) is 3.25. The number of allylic oxidation sites excluding steroid dienone is 6. The topological polar surface area (TPSA) is 27.6 Å². The van der Waals surface area contributed by atoms with Gasteiger partial charge in [0.2, 0.25) is 0 Å². The first-order valence-corrected chi connectivity index (χ1v) is 14.0. The minimum atomic E-state index is 0.455. The van der Waals surface area contributed by atoms with Gasteiger partial charge in [0.1, 0.15) is 5.84 Å². The van der Waals surface area contributed by atoms with Gasteiger partial charge in [0.05, 0.1) is 12.6 Å². The van der Waals surface area contributed by atoms with E-state index in [0.29, 0.717) is 23.8 Å². The number of likely N-dealkylation sites (tertiary alicyclic amines) is 1. The molecule has 0 aliphatic carbocycles. The number of likely N-dealkylation sites (N-methyl/N-ethyl adjacent to an activating group) is 1. The first-order valence-electron chi connectivity index (χ1n) is 14.0. The second-order valence-electron chi connectivity index (χ2n) is 10.8. The third-order valence-corrected chi connectivity index (χ3v) is 8.34. The van der Waals surface area contributed by atoms with Gasteiger partial charge in [0, 0.05) is 6.54 Å². The van der Waals surface area contributed by atoms with Gasteiger partial charge in [0.15, 0.2) is 0 Å². The molecule has 0 saturated carbocycles. The van der Waals surface area contributed by atoms with E-state index in [9.17, 15) is 0 Å². The minimum absolute atomic E-state index is 0.455. The molecule has 3 heteroatoms. The van der Waals surface area contributed by atoms with Gasteiger partial charge in [-0.25, -0.2) is 0 Å². The molecule has 6 atom stereocenters. The van der Waals surface area contributed by atoms with E-state index in [1.807, 2.05) is 0 Å². The van der Waals surface area contributed by atoms with Crippen molar-refractivity contribution in [1.29, 1.82) is 0 Å². The lowest BCUT2D eigenvalue weighted by molar-refractivity contribution is 0.331. The van der Waals surface area contributed by atoms with Crippen molar-refractivity contribution in [2.24, 2.45) is 34.6 Å². The zero-order valence-electron chi connectivity index (χ0n) is 23.5. The summed E-state index contributed by atoms with van der Waals surface area (Å²) in [5.41, 5.74) is 2.90. The van der Waals surface area contributed by atoms with E-state index in [4.69, 9.17) is 4.99 Å². The SMILES string of the molecule is CCC(/C=C\C(C)C(C)/C=C1/C=C\C/N=C(/C2[C@H](CC)CCN2C)NCC1)=C\C(C)C(C)CC.